The number of hydrogen-bond donors (Lipinski definition) is 1. The van der Waals surface area contributed by atoms with Gasteiger partial charge in [-0.15, -0.1) is 0 Å². The molecule has 1 saturated heterocycles. The summed E-state index contributed by atoms with van der Waals surface area (Å²) in [5.41, 5.74) is 0.839. The van der Waals surface area contributed by atoms with Crippen LogP contribution in [0.25, 0.3) is 6.08 Å². The molecular weight excluding hydrogens is 303 g/mol. The van der Waals surface area contributed by atoms with Crippen molar-refractivity contribution in [3.8, 4) is 0 Å². The Labute approximate surface area is 137 Å². The number of likely N-dealkylation sites (N-methyl/N-ethyl adjacent to an activating group) is 1. The minimum atomic E-state index is -0.460. The molecule has 1 aromatic carbocycles. The Bertz CT molecular complexity index is 574. The van der Waals surface area contributed by atoms with Crippen LogP contribution in [0, 0.1) is 5.82 Å². The van der Waals surface area contributed by atoms with Gasteiger partial charge in [0.05, 0.1) is 16.2 Å². The van der Waals surface area contributed by atoms with Crippen molar-refractivity contribution in [2.45, 2.75) is 38.9 Å². The van der Waals surface area contributed by atoms with Gasteiger partial charge in [0.2, 0.25) is 0 Å². The Balaban J connectivity index is 2.33. The van der Waals surface area contributed by atoms with Crippen LogP contribution >= 0.6 is 11.6 Å². The van der Waals surface area contributed by atoms with E-state index in [1.165, 1.54) is 12.1 Å². The molecule has 1 N–H and O–H groups in total. The van der Waals surface area contributed by atoms with Crippen molar-refractivity contribution in [2.75, 3.05) is 13.6 Å². The summed E-state index contributed by atoms with van der Waals surface area (Å²) in [6.45, 7) is 8.62. The van der Waals surface area contributed by atoms with Crippen LogP contribution in [-0.4, -0.2) is 31.9 Å². The lowest BCUT2D eigenvalue weighted by Gasteiger charge is -2.32. The average molecular weight is 326 g/mol. The van der Waals surface area contributed by atoms with Crippen LogP contribution in [-0.2, 0) is 9.31 Å². The highest BCUT2D eigenvalue weighted by Crippen LogP contribution is 2.39. The van der Waals surface area contributed by atoms with E-state index in [1.54, 1.807) is 6.07 Å². The lowest BCUT2D eigenvalue weighted by atomic mass is 9.77. The van der Waals surface area contributed by atoms with Crippen LogP contribution in [0.5, 0.6) is 0 Å². The summed E-state index contributed by atoms with van der Waals surface area (Å²) in [6.07, 6.45) is 1.89. The van der Waals surface area contributed by atoms with E-state index >= 15 is 0 Å². The van der Waals surface area contributed by atoms with Crippen LogP contribution in [0.3, 0.4) is 0 Å². The van der Waals surface area contributed by atoms with Gasteiger partial charge in [0.25, 0.3) is 0 Å². The first-order chi connectivity index (χ1) is 10.2. The molecule has 1 aromatic rings. The summed E-state index contributed by atoms with van der Waals surface area (Å²) in [5.74, 6) is -0.354. The van der Waals surface area contributed by atoms with E-state index in [4.69, 9.17) is 20.9 Å². The highest BCUT2D eigenvalue weighted by molar-refractivity contribution is 6.56. The molecule has 120 valence electrons. The first kappa shape index (κ1) is 17.5. The van der Waals surface area contributed by atoms with Gasteiger partial charge in [0.1, 0.15) is 5.82 Å². The zero-order chi connectivity index (χ0) is 16.5. The molecule has 1 aliphatic rings. The molecule has 1 heterocycles. The Morgan fingerprint density at radius 1 is 1.27 bits per heavy atom. The minimum Gasteiger partial charge on any atom is -0.400 e. The van der Waals surface area contributed by atoms with Crippen molar-refractivity contribution in [3.63, 3.8) is 0 Å². The number of benzene rings is 1. The van der Waals surface area contributed by atoms with Crippen molar-refractivity contribution >= 4 is 24.8 Å². The average Bonchev–Trinajstić information content (AvgIpc) is 2.61. The fourth-order valence-corrected chi connectivity index (χ4v) is 2.44. The fraction of sp³-hybridized carbons (Fsp3) is 0.500. The summed E-state index contributed by atoms with van der Waals surface area (Å²) < 4.78 is 25.3. The molecule has 0 aliphatic carbocycles. The number of halogens is 2. The molecule has 0 amide bonds. The fourth-order valence-electron chi connectivity index (χ4n) is 2.22. The van der Waals surface area contributed by atoms with Gasteiger partial charge in [-0.1, -0.05) is 23.7 Å². The van der Waals surface area contributed by atoms with E-state index in [-0.39, 0.29) is 5.82 Å². The predicted molar refractivity (Wildman–Crippen MR) is 89.4 cm³/mol. The van der Waals surface area contributed by atoms with Gasteiger partial charge in [0.15, 0.2) is 0 Å². The van der Waals surface area contributed by atoms with Gasteiger partial charge < -0.3 is 14.6 Å². The maximum atomic E-state index is 13.2. The molecule has 0 unspecified atom stereocenters. The molecule has 22 heavy (non-hydrogen) atoms. The van der Waals surface area contributed by atoms with Crippen molar-refractivity contribution < 1.29 is 13.7 Å². The monoisotopic (exact) mass is 325 g/mol. The first-order valence-electron chi connectivity index (χ1n) is 7.32. The maximum Gasteiger partial charge on any atom is 0.491 e. The molecule has 1 aliphatic heterocycles. The van der Waals surface area contributed by atoms with Gasteiger partial charge in [-0.05, 0) is 57.9 Å². The Hall–Kier alpha value is -0.875. The van der Waals surface area contributed by atoms with Crippen molar-refractivity contribution in [1.29, 1.82) is 0 Å². The first-order valence-corrected chi connectivity index (χ1v) is 7.70. The van der Waals surface area contributed by atoms with Gasteiger partial charge in [-0.3, -0.25) is 0 Å². The van der Waals surface area contributed by atoms with Crippen LogP contribution in [0.4, 0.5) is 4.39 Å². The molecule has 0 atom stereocenters. The third kappa shape index (κ3) is 3.54. The van der Waals surface area contributed by atoms with Crippen molar-refractivity contribution in [1.82, 2.24) is 5.32 Å². The van der Waals surface area contributed by atoms with E-state index < -0.39 is 18.3 Å². The normalized spacial score (nSPS) is 20.5. The van der Waals surface area contributed by atoms with Crippen LogP contribution in [0.1, 0.15) is 33.3 Å². The quantitative estimate of drug-likeness (QED) is 0.856. The predicted octanol–water partition coefficient (Wildman–Crippen LogP) is 3.71. The van der Waals surface area contributed by atoms with Gasteiger partial charge in [-0.25, -0.2) is 4.39 Å². The maximum absolute atomic E-state index is 13.2. The summed E-state index contributed by atoms with van der Waals surface area (Å²) in [4.78, 5) is 0. The lowest BCUT2D eigenvalue weighted by Crippen LogP contribution is -2.41. The third-order valence-electron chi connectivity index (χ3n) is 4.24. The topological polar surface area (TPSA) is 30.5 Å². The smallest absolute Gasteiger partial charge is 0.400 e. The second kappa shape index (κ2) is 6.32. The molecule has 0 radical (unpaired) electrons. The van der Waals surface area contributed by atoms with Gasteiger partial charge in [-0.2, -0.15) is 0 Å². The molecule has 6 heteroatoms. The van der Waals surface area contributed by atoms with Crippen molar-refractivity contribution in [3.05, 3.63) is 40.1 Å². The molecule has 3 nitrogen and oxygen atoms in total. The Morgan fingerprint density at radius 2 is 1.86 bits per heavy atom. The van der Waals surface area contributed by atoms with E-state index in [0.717, 1.165) is 11.0 Å². The van der Waals surface area contributed by atoms with E-state index in [1.807, 2.05) is 40.8 Å². The second-order valence-corrected chi connectivity index (χ2v) is 6.91. The second-order valence-electron chi connectivity index (χ2n) is 6.50. The molecule has 0 bridgehead atoms. The van der Waals surface area contributed by atoms with Crippen LogP contribution in [0.2, 0.25) is 5.02 Å². The standard InChI is InChI=1S/C16H22BClFNO2/c1-15(2)16(3,4)22-17(21-15)12(10-20-5)8-11-6-7-13(19)9-14(11)18/h6-9,20H,10H2,1-5H3. The number of nitrogens with one attached hydrogen (secondary N) is 1. The highest BCUT2D eigenvalue weighted by atomic mass is 35.5. The highest BCUT2D eigenvalue weighted by Gasteiger charge is 2.52. The lowest BCUT2D eigenvalue weighted by molar-refractivity contribution is 0.00578. The summed E-state index contributed by atoms with van der Waals surface area (Å²) in [5, 5.41) is 3.47. The number of rotatable bonds is 4. The van der Waals surface area contributed by atoms with E-state index in [0.29, 0.717) is 11.6 Å². The largest absolute Gasteiger partial charge is 0.491 e. The summed E-state index contributed by atoms with van der Waals surface area (Å²) in [6, 6.07) is 4.34. The zero-order valence-corrected chi connectivity index (χ0v) is 14.4. The zero-order valence-electron chi connectivity index (χ0n) is 13.7. The Morgan fingerprint density at radius 3 is 2.36 bits per heavy atom. The number of hydrogen-bond acceptors (Lipinski definition) is 3. The van der Waals surface area contributed by atoms with Gasteiger partial charge >= 0.3 is 7.12 Å². The van der Waals surface area contributed by atoms with Crippen molar-refractivity contribution in [2.24, 2.45) is 0 Å². The Kier molecular flexibility index (Phi) is 5.02. The third-order valence-corrected chi connectivity index (χ3v) is 4.57. The molecule has 1 fully saturated rings. The molecule has 0 aromatic heterocycles. The molecular formula is C16H22BClFNO2. The molecule has 0 spiro atoms. The van der Waals surface area contributed by atoms with Crippen LogP contribution in [0.15, 0.2) is 23.7 Å². The summed E-state index contributed by atoms with van der Waals surface area (Å²) >= 11 is 6.11. The SMILES string of the molecule is CNCC(=Cc1ccc(F)cc1Cl)B1OC(C)(C)C(C)(C)O1. The molecule has 0 saturated carbocycles. The molecule has 2 rings (SSSR count). The summed E-state index contributed by atoms with van der Waals surface area (Å²) in [7, 11) is 1.39. The minimum absolute atomic E-state index is 0.354. The van der Waals surface area contributed by atoms with E-state index in [9.17, 15) is 4.39 Å². The van der Waals surface area contributed by atoms with Crippen LogP contribution < -0.4 is 5.32 Å². The van der Waals surface area contributed by atoms with E-state index in [2.05, 4.69) is 5.32 Å². The van der Waals surface area contributed by atoms with Gasteiger partial charge in [0, 0.05) is 6.54 Å².